The zero-order valence-corrected chi connectivity index (χ0v) is 20.5. The summed E-state index contributed by atoms with van der Waals surface area (Å²) in [6.07, 6.45) is 0.824. The molecule has 2 aromatic carbocycles. The molecule has 2 aromatic rings. The number of rotatable bonds is 9. The minimum Gasteiger partial charge on any atom is -0.507 e. The van der Waals surface area contributed by atoms with Gasteiger partial charge < -0.3 is 24.2 Å². The van der Waals surface area contributed by atoms with Crippen molar-refractivity contribution < 1.29 is 33.3 Å². The molecule has 0 aromatic heterocycles. The fraction of sp³-hybridized carbons (Fsp3) is 0.407. The van der Waals surface area contributed by atoms with Crippen molar-refractivity contribution in [3.05, 3.63) is 65.0 Å². The Kier molecular flexibility index (Phi) is 8.22. The number of benzene rings is 2. The summed E-state index contributed by atoms with van der Waals surface area (Å²) in [6.45, 7) is 6.05. The predicted molar refractivity (Wildman–Crippen MR) is 131 cm³/mol. The third-order valence-corrected chi connectivity index (χ3v) is 6.38. The predicted octanol–water partition coefficient (Wildman–Crippen LogP) is 3.38. The molecule has 1 amide bonds. The molecule has 1 unspecified atom stereocenters. The van der Waals surface area contributed by atoms with Gasteiger partial charge in [-0.2, -0.15) is 0 Å². The lowest BCUT2D eigenvalue weighted by atomic mass is 9.95. The Morgan fingerprint density at radius 1 is 1.08 bits per heavy atom. The second-order valence-electron chi connectivity index (χ2n) is 8.71. The van der Waals surface area contributed by atoms with Gasteiger partial charge in [-0.1, -0.05) is 13.0 Å². The first-order chi connectivity index (χ1) is 17.4. The minimum atomic E-state index is -0.842. The Morgan fingerprint density at radius 3 is 2.47 bits per heavy atom. The summed E-state index contributed by atoms with van der Waals surface area (Å²) >= 11 is 0. The summed E-state index contributed by atoms with van der Waals surface area (Å²) in [5.74, 6) is -1.29. The van der Waals surface area contributed by atoms with Gasteiger partial charge in [0.25, 0.3) is 11.7 Å². The number of likely N-dealkylation sites (tertiary alicyclic amines) is 1. The average molecular weight is 499 g/mol. The van der Waals surface area contributed by atoms with E-state index in [1.54, 1.807) is 18.2 Å². The van der Waals surface area contributed by atoms with Gasteiger partial charge in [-0.05, 0) is 48.4 Å². The largest absolute Gasteiger partial charge is 0.507 e. The summed E-state index contributed by atoms with van der Waals surface area (Å²) in [4.78, 5) is 30.1. The van der Waals surface area contributed by atoms with E-state index in [0.29, 0.717) is 43.4 Å². The third-order valence-electron chi connectivity index (χ3n) is 6.38. The number of hydrogen-bond donors (Lipinski definition) is 1. The first-order valence-corrected chi connectivity index (χ1v) is 12.1. The fourth-order valence-corrected chi connectivity index (χ4v) is 4.48. The van der Waals surface area contributed by atoms with E-state index in [9.17, 15) is 19.1 Å². The second-order valence-corrected chi connectivity index (χ2v) is 8.71. The maximum Gasteiger partial charge on any atom is 0.295 e. The van der Waals surface area contributed by atoms with Gasteiger partial charge in [0.05, 0.1) is 38.5 Å². The molecular formula is C27H31FN2O6. The van der Waals surface area contributed by atoms with E-state index in [-0.39, 0.29) is 23.4 Å². The van der Waals surface area contributed by atoms with Crippen molar-refractivity contribution in [2.45, 2.75) is 19.4 Å². The topological polar surface area (TPSA) is 88.5 Å². The number of aliphatic hydroxyl groups excluding tert-OH is 1. The number of Topliss-reactive ketones (excluding diaryl/α,β-unsaturated/α-hetero) is 1. The number of aliphatic hydroxyl groups is 1. The molecule has 1 N–H and O–H groups in total. The Bertz CT molecular complexity index is 1130. The highest BCUT2D eigenvalue weighted by atomic mass is 19.1. The lowest BCUT2D eigenvalue weighted by Gasteiger charge is -2.31. The van der Waals surface area contributed by atoms with E-state index in [2.05, 4.69) is 4.90 Å². The molecule has 2 fully saturated rings. The van der Waals surface area contributed by atoms with Crippen LogP contribution in [-0.4, -0.2) is 79.7 Å². The van der Waals surface area contributed by atoms with Gasteiger partial charge in [-0.25, -0.2) is 4.39 Å². The molecule has 1 atom stereocenters. The van der Waals surface area contributed by atoms with Crippen LogP contribution in [0.25, 0.3) is 5.76 Å². The van der Waals surface area contributed by atoms with Crippen LogP contribution in [0, 0.1) is 5.82 Å². The first kappa shape index (κ1) is 25.7. The molecule has 9 heteroatoms. The number of morpholine rings is 1. The monoisotopic (exact) mass is 498 g/mol. The first-order valence-electron chi connectivity index (χ1n) is 12.1. The molecule has 0 spiro atoms. The molecule has 0 saturated carbocycles. The maximum atomic E-state index is 13.5. The lowest BCUT2D eigenvalue weighted by molar-refractivity contribution is -0.140. The van der Waals surface area contributed by atoms with Crippen molar-refractivity contribution in [1.29, 1.82) is 0 Å². The number of carbonyl (C=O) groups excluding carboxylic acids is 2. The summed E-state index contributed by atoms with van der Waals surface area (Å²) in [6, 6.07) is 9.54. The van der Waals surface area contributed by atoms with Crippen LogP contribution >= 0.6 is 0 Å². The summed E-state index contributed by atoms with van der Waals surface area (Å²) < 4.78 is 30.2. The van der Waals surface area contributed by atoms with Crippen molar-refractivity contribution >= 4 is 17.4 Å². The number of ketones is 1. The number of nitrogens with zero attached hydrogens (tertiary/aromatic N) is 2. The van der Waals surface area contributed by atoms with Crippen LogP contribution in [0.3, 0.4) is 0 Å². The molecule has 4 rings (SSSR count). The van der Waals surface area contributed by atoms with Crippen molar-refractivity contribution in [2.75, 3.05) is 53.1 Å². The van der Waals surface area contributed by atoms with Crippen LogP contribution in [0.15, 0.2) is 48.0 Å². The maximum absolute atomic E-state index is 13.5. The minimum absolute atomic E-state index is 0.0436. The van der Waals surface area contributed by atoms with Crippen molar-refractivity contribution in [2.24, 2.45) is 0 Å². The van der Waals surface area contributed by atoms with Crippen molar-refractivity contribution in [3.63, 3.8) is 0 Å². The van der Waals surface area contributed by atoms with E-state index >= 15 is 0 Å². The van der Waals surface area contributed by atoms with E-state index in [1.807, 2.05) is 6.92 Å². The molecule has 192 valence electrons. The summed E-state index contributed by atoms with van der Waals surface area (Å²) in [5, 5.41) is 11.1. The van der Waals surface area contributed by atoms with Gasteiger partial charge in [0.1, 0.15) is 11.6 Å². The molecule has 2 aliphatic rings. The normalized spacial score (nSPS) is 20.1. The zero-order chi connectivity index (χ0) is 25.7. The van der Waals surface area contributed by atoms with Crippen LogP contribution in [0.1, 0.15) is 30.5 Å². The Hall–Kier alpha value is -3.43. The highest BCUT2D eigenvalue weighted by Crippen LogP contribution is 2.42. The van der Waals surface area contributed by atoms with E-state index in [4.69, 9.17) is 14.2 Å². The van der Waals surface area contributed by atoms with Crippen LogP contribution in [0.4, 0.5) is 4.39 Å². The van der Waals surface area contributed by atoms with Gasteiger partial charge in [0.15, 0.2) is 11.5 Å². The van der Waals surface area contributed by atoms with Crippen LogP contribution < -0.4 is 9.47 Å². The second kappa shape index (κ2) is 11.5. The van der Waals surface area contributed by atoms with Gasteiger partial charge >= 0.3 is 0 Å². The average Bonchev–Trinajstić information content (AvgIpc) is 3.16. The summed E-state index contributed by atoms with van der Waals surface area (Å²) in [7, 11) is 1.52. The van der Waals surface area contributed by atoms with Gasteiger partial charge in [-0.15, -0.1) is 0 Å². The lowest BCUT2D eigenvalue weighted by Crippen LogP contribution is -2.42. The smallest absolute Gasteiger partial charge is 0.295 e. The molecular weight excluding hydrogens is 467 g/mol. The number of carbonyl (C=O) groups is 2. The standard InChI is InChI=1S/C27H31FN2O6/c1-3-14-36-21-9-6-19(17-22(21)34-2)24-23(25(31)18-4-7-20(28)8-5-18)26(32)27(33)30(24)11-10-29-12-15-35-16-13-29/h4-9,17,24,31H,3,10-16H2,1-2H3/b25-23+. The molecule has 2 aliphatic heterocycles. The van der Waals surface area contributed by atoms with Crippen molar-refractivity contribution in [3.8, 4) is 11.5 Å². The molecule has 8 nitrogen and oxygen atoms in total. The molecule has 0 bridgehead atoms. The third kappa shape index (κ3) is 5.37. The number of hydrogen-bond acceptors (Lipinski definition) is 7. The Morgan fingerprint density at radius 2 is 1.81 bits per heavy atom. The molecule has 0 aliphatic carbocycles. The van der Waals surface area contributed by atoms with Gasteiger partial charge in [0, 0.05) is 31.7 Å². The van der Waals surface area contributed by atoms with Gasteiger partial charge in [0.2, 0.25) is 0 Å². The fourth-order valence-electron chi connectivity index (χ4n) is 4.48. The Labute approximate surface area is 209 Å². The molecule has 0 radical (unpaired) electrons. The van der Waals surface area contributed by atoms with E-state index < -0.39 is 23.5 Å². The van der Waals surface area contributed by atoms with E-state index in [1.165, 1.54) is 36.3 Å². The highest BCUT2D eigenvalue weighted by Gasteiger charge is 2.46. The quantitative estimate of drug-likeness (QED) is 0.322. The Balaban J connectivity index is 1.75. The number of halogens is 1. The van der Waals surface area contributed by atoms with Crippen molar-refractivity contribution in [1.82, 2.24) is 9.80 Å². The van der Waals surface area contributed by atoms with Crippen LogP contribution in [0.2, 0.25) is 0 Å². The summed E-state index contributed by atoms with van der Waals surface area (Å²) in [5.41, 5.74) is 0.806. The zero-order valence-electron chi connectivity index (χ0n) is 20.5. The molecule has 2 heterocycles. The van der Waals surface area contributed by atoms with Crippen LogP contribution in [-0.2, 0) is 14.3 Å². The highest BCUT2D eigenvalue weighted by molar-refractivity contribution is 6.46. The molecule has 2 saturated heterocycles. The number of ether oxygens (including phenoxy) is 3. The van der Waals surface area contributed by atoms with Gasteiger partial charge in [-0.3, -0.25) is 14.5 Å². The van der Waals surface area contributed by atoms with E-state index in [0.717, 1.165) is 19.5 Å². The SMILES string of the molecule is CCCOc1ccc(C2/C(=C(\O)c3ccc(F)cc3)C(=O)C(=O)N2CCN2CCOCC2)cc1OC. The number of methoxy groups -OCH3 is 1. The molecule has 36 heavy (non-hydrogen) atoms. The van der Waals surface area contributed by atoms with Crippen LogP contribution in [0.5, 0.6) is 11.5 Å². The number of amides is 1.